The van der Waals surface area contributed by atoms with Gasteiger partial charge in [0, 0.05) is 12.5 Å². The van der Waals surface area contributed by atoms with Crippen LogP contribution in [0.3, 0.4) is 0 Å². The third-order valence-electron chi connectivity index (χ3n) is 6.83. The third kappa shape index (κ3) is 1.80. The summed E-state index contributed by atoms with van der Waals surface area (Å²) in [5.41, 5.74) is -0.121. The summed E-state index contributed by atoms with van der Waals surface area (Å²) < 4.78 is 0. The molecule has 6 rings (SSSR count). The Morgan fingerprint density at radius 3 is 2.00 bits per heavy atom. The monoisotopic (exact) mass is 288 g/mol. The summed E-state index contributed by atoms with van der Waals surface area (Å²) in [6, 6.07) is 0.0419. The van der Waals surface area contributed by atoms with Crippen LogP contribution in [0.1, 0.15) is 57.8 Å². The van der Waals surface area contributed by atoms with Crippen molar-refractivity contribution in [1.29, 1.82) is 0 Å². The molecule has 1 unspecified atom stereocenters. The van der Waals surface area contributed by atoms with Gasteiger partial charge in [0.25, 0.3) is 0 Å². The van der Waals surface area contributed by atoms with E-state index in [1.165, 1.54) is 32.1 Å². The molecule has 1 atom stereocenters. The Kier molecular flexibility index (Phi) is 2.39. The molecule has 5 saturated carbocycles. The quantitative estimate of drug-likeness (QED) is 0.849. The average Bonchev–Trinajstić information content (AvgIpc) is 3.19. The first-order chi connectivity index (χ1) is 10.1. The van der Waals surface area contributed by atoms with Crippen molar-refractivity contribution in [2.45, 2.75) is 69.4 Å². The van der Waals surface area contributed by atoms with E-state index in [2.05, 4.69) is 5.32 Å². The molecule has 21 heavy (non-hydrogen) atoms. The van der Waals surface area contributed by atoms with Crippen LogP contribution in [0.2, 0.25) is 0 Å². The normalized spacial score (nSPS) is 48.7. The minimum Gasteiger partial charge on any atom is -0.334 e. The van der Waals surface area contributed by atoms with Gasteiger partial charge < -0.3 is 5.32 Å². The van der Waals surface area contributed by atoms with Crippen molar-refractivity contribution in [1.82, 2.24) is 10.2 Å². The number of carbonyl (C=O) groups excluding carboxylic acids is 2. The Hall–Kier alpha value is -1.06. The van der Waals surface area contributed by atoms with E-state index in [0.717, 1.165) is 37.0 Å². The van der Waals surface area contributed by atoms with Gasteiger partial charge in [-0.1, -0.05) is 0 Å². The Balaban J connectivity index is 1.44. The van der Waals surface area contributed by atoms with Gasteiger partial charge in [-0.15, -0.1) is 0 Å². The van der Waals surface area contributed by atoms with Gasteiger partial charge in [0.2, 0.25) is 5.91 Å². The van der Waals surface area contributed by atoms with Gasteiger partial charge in [0.15, 0.2) is 0 Å². The van der Waals surface area contributed by atoms with Gasteiger partial charge in [-0.3, -0.25) is 9.69 Å². The van der Waals surface area contributed by atoms with Gasteiger partial charge in [0.1, 0.15) is 0 Å². The number of hydrogen-bond acceptors (Lipinski definition) is 2. The van der Waals surface area contributed by atoms with Gasteiger partial charge in [0.05, 0.1) is 5.54 Å². The van der Waals surface area contributed by atoms with E-state index in [-0.39, 0.29) is 23.5 Å². The fourth-order valence-corrected chi connectivity index (χ4v) is 6.27. The zero-order chi connectivity index (χ0) is 14.2. The van der Waals surface area contributed by atoms with Gasteiger partial charge in [-0.25, -0.2) is 4.79 Å². The number of imide groups is 1. The van der Waals surface area contributed by atoms with E-state index < -0.39 is 0 Å². The van der Waals surface area contributed by atoms with Crippen LogP contribution < -0.4 is 5.32 Å². The summed E-state index contributed by atoms with van der Waals surface area (Å²) >= 11 is 0. The highest BCUT2D eigenvalue weighted by molar-refractivity contribution is 5.98. The van der Waals surface area contributed by atoms with Crippen molar-refractivity contribution >= 4 is 11.9 Å². The predicted octanol–water partition coefficient (Wildman–Crippen LogP) is 2.68. The smallest absolute Gasteiger partial charge is 0.324 e. The standard InChI is InChI=1S/C17H24N2O2/c20-15-6-14(13-1-2-13)18-16(21)19(15)17-7-10-3-11(8-17)5-12(4-10)9-17/h10-14H,1-9H2,(H,18,21). The molecule has 3 amide bonds. The largest absolute Gasteiger partial charge is 0.334 e. The average molecular weight is 288 g/mol. The first-order valence-corrected chi connectivity index (χ1v) is 8.76. The van der Waals surface area contributed by atoms with Crippen molar-refractivity contribution in [3.8, 4) is 0 Å². The molecule has 114 valence electrons. The van der Waals surface area contributed by atoms with Crippen LogP contribution in [0.4, 0.5) is 4.79 Å². The minimum atomic E-state index is -0.121. The molecule has 4 bridgehead atoms. The second-order valence-electron chi connectivity index (χ2n) is 8.47. The van der Waals surface area contributed by atoms with Crippen LogP contribution in [-0.2, 0) is 4.79 Å². The molecule has 5 aliphatic carbocycles. The summed E-state index contributed by atoms with van der Waals surface area (Å²) in [4.78, 5) is 27.1. The number of nitrogens with zero attached hydrogens (tertiary/aromatic N) is 1. The van der Waals surface area contributed by atoms with Crippen molar-refractivity contribution in [2.75, 3.05) is 0 Å². The summed E-state index contributed by atoms with van der Waals surface area (Å²) in [5.74, 6) is 2.96. The molecule has 0 radical (unpaired) electrons. The lowest BCUT2D eigenvalue weighted by atomic mass is 9.52. The van der Waals surface area contributed by atoms with Crippen LogP contribution in [0.5, 0.6) is 0 Å². The molecule has 0 aromatic heterocycles. The first kappa shape index (κ1) is 12.5. The van der Waals surface area contributed by atoms with Crippen LogP contribution in [0.25, 0.3) is 0 Å². The molecule has 1 aliphatic heterocycles. The minimum absolute atomic E-state index is 0.0786. The van der Waals surface area contributed by atoms with E-state index in [1.54, 1.807) is 4.90 Å². The second-order valence-corrected chi connectivity index (χ2v) is 8.47. The number of carbonyl (C=O) groups is 2. The molecular weight excluding hydrogens is 264 g/mol. The molecule has 6 fully saturated rings. The fourth-order valence-electron chi connectivity index (χ4n) is 6.27. The molecule has 1 saturated heterocycles. The molecule has 4 heteroatoms. The Labute approximate surface area is 125 Å². The summed E-state index contributed by atoms with van der Waals surface area (Å²) in [6.07, 6.45) is 10.1. The second kappa shape index (κ2) is 4.02. The summed E-state index contributed by atoms with van der Waals surface area (Å²) in [6.45, 7) is 0. The number of amides is 3. The molecule has 1 N–H and O–H groups in total. The number of rotatable bonds is 2. The number of urea groups is 1. The molecule has 1 heterocycles. The van der Waals surface area contributed by atoms with Gasteiger partial charge in [-0.05, 0) is 75.0 Å². The zero-order valence-electron chi connectivity index (χ0n) is 12.5. The van der Waals surface area contributed by atoms with Crippen molar-refractivity contribution in [3.05, 3.63) is 0 Å². The van der Waals surface area contributed by atoms with Gasteiger partial charge >= 0.3 is 6.03 Å². The Bertz CT molecular complexity index is 458. The van der Waals surface area contributed by atoms with Crippen LogP contribution in [-0.4, -0.2) is 28.4 Å². The lowest BCUT2D eigenvalue weighted by molar-refractivity contribution is -0.146. The molecule has 6 aliphatic rings. The van der Waals surface area contributed by atoms with Crippen LogP contribution in [0.15, 0.2) is 0 Å². The maximum atomic E-state index is 12.7. The summed E-state index contributed by atoms with van der Waals surface area (Å²) in [5, 5.41) is 3.15. The highest BCUT2D eigenvalue weighted by atomic mass is 16.2. The number of hydrogen-bond donors (Lipinski definition) is 1. The Morgan fingerprint density at radius 2 is 1.52 bits per heavy atom. The maximum absolute atomic E-state index is 12.7. The van der Waals surface area contributed by atoms with Crippen LogP contribution >= 0.6 is 0 Å². The molecule has 0 aromatic carbocycles. The number of nitrogens with one attached hydrogen (secondary N) is 1. The molecule has 0 aromatic rings. The van der Waals surface area contributed by atoms with Crippen molar-refractivity contribution < 1.29 is 9.59 Å². The lowest BCUT2D eigenvalue weighted by Crippen LogP contribution is -2.68. The van der Waals surface area contributed by atoms with Crippen molar-refractivity contribution in [2.24, 2.45) is 23.7 Å². The van der Waals surface area contributed by atoms with E-state index >= 15 is 0 Å². The topological polar surface area (TPSA) is 49.4 Å². The SMILES string of the molecule is O=C1CC(C2CC2)NC(=O)N1C12CC3CC(CC(C3)C1)C2. The van der Waals surface area contributed by atoms with E-state index in [1.807, 2.05) is 0 Å². The molecule has 0 spiro atoms. The first-order valence-electron chi connectivity index (χ1n) is 8.76. The third-order valence-corrected chi connectivity index (χ3v) is 6.83. The Morgan fingerprint density at radius 1 is 0.952 bits per heavy atom. The highest BCUT2D eigenvalue weighted by Crippen LogP contribution is 2.58. The lowest BCUT2D eigenvalue weighted by Gasteiger charge is -2.60. The van der Waals surface area contributed by atoms with Crippen molar-refractivity contribution in [3.63, 3.8) is 0 Å². The highest BCUT2D eigenvalue weighted by Gasteiger charge is 2.57. The van der Waals surface area contributed by atoms with E-state index in [4.69, 9.17) is 0 Å². The molecular formula is C17H24N2O2. The zero-order valence-corrected chi connectivity index (χ0v) is 12.5. The predicted molar refractivity (Wildman–Crippen MR) is 77.4 cm³/mol. The van der Waals surface area contributed by atoms with Gasteiger partial charge in [-0.2, -0.15) is 0 Å². The van der Waals surface area contributed by atoms with Crippen LogP contribution in [0, 0.1) is 23.7 Å². The fraction of sp³-hybridized carbons (Fsp3) is 0.882. The maximum Gasteiger partial charge on any atom is 0.324 e. The summed E-state index contributed by atoms with van der Waals surface area (Å²) in [7, 11) is 0. The van der Waals surface area contributed by atoms with E-state index in [9.17, 15) is 9.59 Å². The van der Waals surface area contributed by atoms with E-state index in [0.29, 0.717) is 12.3 Å². The molecule has 4 nitrogen and oxygen atoms in total.